The number of nitrogens with one attached hydrogen (secondary N) is 1. The summed E-state index contributed by atoms with van der Waals surface area (Å²) in [5.41, 5.74) is 2.58. The lowest BCUT2D eigenvalue weighted by Crippen LogP contribution is -2.46. The van der Waals surface area contributed by atoms with Gasteiger partial charge in [-0.05, 0) is 43.2 Å². The number of hydrogen-bond donors (Lipinski definition) is 1. The Morgan fingerprint density at radius 1 is 1.07 bits per heavy atom. The molecular formula is C22H28FN3O. The van der Waals surface area contributed by atoms with E-state index in [1.165, 1.54) is 11.6 Å². The van der Waals surface area contributed by atoms with Gasteiger partial charge in [0.25, 0.3) is 5.91 Å². The van der Waals surface area contributed by atoms with Crippen molar-refractivity contribution in [3.63, 3.8) is 0 Å². The van der Waals surface area contributed by atoms with Gasteiger partial charge >= 0.3 is 0 Å². The largest absolute Gasteiger partial charge is 0.367 e. The summed E-state index contributed by atoms with van der Waals surface area (Å²) in [5, 5.41) is 2.99. The van der Waals surface area contributed by atoms with E-state index in [-0.39, 0.29) is 17.8 Å². The molecule has 2 aromatic carbocycles. The molecule has 1 heterocycles. The van der Waals surface area contributed by atoms with Crippen LogP contribution in [0.5, 0.6) is 0 Å². The molecule has 1 saturated heterocycles. The molecule has 0 aliphatic carbocycles. The van der Waals surface area contributed by atoms with Gasteiger partial charge in [0.2, 0.25) is 0 Å². The Morgan fingerprint density at radius 2 is 1.74 bits per heavy atom. The Morgan fingerprint density at radius 3 is 2.37 bits per heavy atom. The third-order valence-electron chi connectivity index (χ3n) is 5.18. The van der Waals surface area contributed by atoms with Gasteiger partial charge in [-0.2, -0.15) is 0 Å². The molecule has 1 N–H and O–H groups in total. The first-order valence-corrected chi connectivity index (χ1v) is 9.68. The second-order valence-electron chi connectivity index (χ2n) is 7.19. The van der Waals surface area contributed by atoms with E-state index in [4.69, 9.17) is 0 Å². The van der Waals surface area contributed by atoms with E-state index in [0.717, 1.165) is 39.1 Å². The van der Waals surface area contributed by atoms with Gasteiger partial charge in [-0.1, -0.05) is 31.2 Å². The Balaban J connectivity index is 1.52. The Kier molecular flexibility index (Phi) is 6.45. The summed E-state index contributed by atoms with van der Waals surface area (Å²) in [7, 11) is 0. The van der Waals surface area contributed by atoms with Crippen molar-refractivity contribution >= 4 is 11.6 Å². The standard InChI is InChI=1S/C22H28FN3O/c1-3-17(2)24-22(27)19-10-8-18(9-11-19)16-25-12-14-26(15-13-25)21-7-5-4-6-20(21)23/h4-11,17H,3,12-16H2,1-2H3,(H,24,27). The number of nitrogens with zero attached hydrogens (tertiary/aromatic N) is 2. The van der Waals surface area contributed by atoms with E-state index < -0.39 is 0 Å². The first-order valence-electron chi connectivity index (χ1n) is 9.68. The first-order chi connectivity index (χ1) is 13.1. The smallest absolute Gasteiger partial charge is 0.251 e. The number of piperazine rings is 1. The molecule has 144 valence electrons. The molecule has 2 aromatic rings. The number of carbonyl (C=O) groups excluding carboxylic acids is 1. The number of hydrogen-bond acceptors (Lipinski definition) is 3. The van der Waals surface area contributed by atoms with Crippen LogP contribution in [0.3, 0.4) is 0 Å². The van der Waals surface area contributed by atoms with Gasteiger partial charge in [-0.3, -0.25) is 9.69 Å². The van der Waals surface area contributed by atoms with Gasteiger partial charge < -0.3 is 10.2 Å². The summed E-state index contributed by atoms with van der Waals surface area (Å²) in [6, 6.07) is 15.0. The molecule has 1 unspecified atom stereocenters. The van der Waals surface area contributed by atoms with Crippen LogP contribution in [-0.4, -0.2) is 43.0 Å². The van der Waals surface area contributed by atoms with Crippen LogP contribution in [0.2, 0.25) is 0 Å². The molecule has 3 rings (SSSR count). The van der Waals surface area contributed by atoms with Crippen LogP contribution in [0, 0.1) is 5.82 Å². The molecule has 0 spiro atoms. The summed E-state index contributed by atoms with van der Waals surface area (Å²) in [5.74, 6) is -0.174. The zero-order valence-electron chi connectivity index (χ0n) is 16.1. The van der Waals surface area contributed by atoms with E-state index in [0.29, 0.717) is 11.3 Å². The predicted octanol–water partition coefficient (Wildman–Crippen LogP) is 3.68. The second-order valence-corrected chi connectivity index (χ2v) is 7.19. The van der Waals surface area contributed by atoms with Crippen molar-refractivity contribution < 1.29 is 9.18 Å². The van der Waals surface area contributed by atoms with Crippen LogP contribution in [0.15, 0.2) is 48.5 Å². The molecule has 0 aromatic heterocycles. The van der Waals surface area contributed by atoms with Crippen LogP contribution in [0.25, 0.3) is 0 Å². The molecule has 5 heteroatoms. The van der Waals surface area contributed by atoms with Crippen molar-refractivity contribution in [3.8, 4) is 0 Å². The highest BCUT2D eigenvalue weighted by atomic mass is 19.1. The van der Waals surface area contributed by atoms with Gasteiger partial charge in [0.1, 0.15) is 5.82 Å². The third-order valence-corrected chi connectivity index (χ3v) is 5.18. The molecule has 27 heavy (non-hydrogen) atoms. The molecule has 1 aliphatic rings. The Bertz CT molecular complexity index is 754. The van der Waals surface area contributed by atoms with Gasteiger partial charge in [-0.25, -0.2) is 4.39 Å². The van der Waals surface area contributed by atoms with Crippen LogP contribution in [0.4, 0.5) is 10.1 Å². The maximum absolute atomic E-state index is 13.9. The summed E-state index contributed by atoms with van der Waals surface area (Å²) >= 11 is 0. The summed E-state index contributed by atoms with van der Waals surface area (Å²) in [4.78, 5) is 16.6. The summed E-state index contributed by atoms with van der Waals surface area (Å²) in [6.45, 7) is 8.33. The van der Waals surface area contributed by atoms with Crippen molar-refractivity contribution in [2.24, 2.45) is 0 Å². The van der Waals surface area contributed by atoms with Gasteiger partial charge in [0.15, 0.2) is 0 Å². The van der Waals surface area contributed by atoms with E-state index in [9.17, 15) is 9.18 Å². The Labute approximate surface area is 161 Å². The molecule has 1 amide bonds. The zero-order chi connectivity index (χ0) is 19.2. The minimum atomic E-state index is -0.155. The number of carbonyl (C=O) groups is 1. The fourth-order valence-electron chi connectivity index (χ4n) is 3.28. The van der Waals surface area contributed by atoms with Crippen molar-refractivity contribution in [2.75, 3.05) is 31.1 Å². The van der Waals surface area contributed by atoms with Crippen molar-refractivity contribution in [1.82, 2.24) is 10.2 Å². The Hall–Kier alpha value is -2.40. The number of halogens is 1. The lowest BCUT2D eigenvalue weighted by molar-refractivity contribution is 0.0939. The fourth-order valence-corrected chi connectivity index (χ4v) is 3.28. The summed E-state index contributed by atoms with van der Waals surface area (Å²) < 4.78 is 13.9. The average molecular weight is 369 g/mol. The van der Waals surface area contributed by atoms with Crippen LogP contribution < -0.4 is 10.2 Å². The molecule has 0 radical (unpaired) electrons. The molecular weight excluding hydrogens is 341 g/mol. The van der Waals surface area contributed by atoms with Crippen LogP contribution in [-0.2, 0) is 6.54 Å². The molecule has 0 saturated carbocycles. The van der Waals surface area contributed by atoms with Crippen molar-refractivity contribution in [2.45, 2.75) is 32.9 Å². The lowest BCUT2D eigenvalue weighted by Gasteiger charge is -2.36. The minimum Gasteiger partial charge on any atom is -0.367 e. The molecule has 1 atom stereocenters. The monoisotopic (exact) mass is 369 g/mol. The second kappa shape index (κ2) is 9.00. The summed E-state index contributed by atoms with van der Waals surface area (Å²) in [6.07, 6.45) is 0.919. The lowest BCUT2D eigenvalue weighted by atomic mass is 10.1. The molecule has 0 bridgehead atoms. The van der Waals surface area contributed by atoms with Gasteiger partial charge in [0.05, 0.1) is 5.69 Å². The normalized spacial score (nSPS) is 16.2. The van der Waals surface area contributed by atoms with E-state index in [1.54, 1.807) is 6.07 Å². The highest BCUT2D eigenvalue weighted by molar-refractivity contribution is 5.94. The maximum atomic E-state index is 13.9. The number of rotatable bonds is 6. The average Bonchev–Trinajstić information content (AvgIpc) is 2.69. The van der Waals surface area contributed by atoms with Gasteiger partial charge in [-0.15, -0.1) is 0 Å². The minimum absolute atomic E-state index is 0.0191. The first kappa shape index (κ1) is 19.4. The predicted molar refractivity (Wildman–Crippen MR) is 108 cm³/mol. The van der Waals surface area contributed by atoms with E-state index >= 15 is 0 Å². The third kappa shape index (κ3) is 5.07. The number of para-hydroxylation sites is 1. The van der Waals surface area contributed by atoms with Crippen LogP contribution >= 0.6 is 0 Å². The van der Waals surface area contributed by atoms with Crippen LogP contribution in [0.1, 0.15) is 36.2 Å². The highest BCUT2D eigenvalue weighted by Gasteiger charge is 2.19. The SMILES string of the molecule is CCC(C)NC(=O)c1ccc(CN2CCN(c3ccccc3F)CC2)cc1. The molecule has 1 fully saturated rings. The number of anilines is 1. The fraction of sp³-hybridized carbons (Fsp3) is 0.409. The van der Waals surface area contributed by atoms with E-state index in [2.05, 4.69) is 22.0 Å². The molecule has 1 aliphatic heterocycles. The quantitative estimate of drug-likeness (QED) is 0.844. The zero-order valence-corrected chi connectivity index (χ0v) is 16.1. The van der Waals surface area contributed by atoms with Crippen molar-refractivity contribution in [3.05, 3.63) is 65.5 Å². The number of amides is 1. The van der Waals surface area contributed by atoms with Crippen molar-refractivity contribution in [1.29, 1.82) is 0 Å². The number of benzene rings is 2. The highest BCUT2D eigenvalue weighted by Crippen LogP contribution is 2.20. The van der Waals surface area contributed by atoms with E-state index in [1.807, 2.05) is 43.3 Å². The maximum Gasteiger partial charge on any atom is 0.251 e. The topological polar surface area (TPSA) is 35.6 Å². The molecule has 4 nitrogen and oxygen atoms in total. The van der Waals surface area contributed by atoms with Gasteiger partial charge in [0, 0.05) is 44.3 Å².